The summed E-state index contributed by atoms with van der Waals surface area (Å²) in [6, 6.07) is 5.23. The highest BCUT2D eigenvalue weighted by atomic mass is 16.4. The molecule has 0 atom stereocenters. The minimum Gasteiger partial charge on any atom is -0.444 e. The first-order chi connectivity index (χ1) is 10.0. The molecule has 1 heterocycles. The number of aromatic nitrogens is 1. The lowest BCUT2D eigenvalue weighted by Crippen LogP contribution is -2.23. The van der Waals surface area contributed by atoms with Crippen LogP contribution in [-0.2, 0) is 13.0 Å². The lowest BCUT2D eigenvalue weighted by atomic mass is 10.1. The molecular weight excluding hydrogens is 268 g/mol. The molecule has 1 aromatic heterocycles. The number of rotatable bonds is 5. The van der Waals surface area contributed by atoms with Crippen LogP contribution in [-0.4, -0.2) is 25.0 Å². The lowest BCUT2D eigenvalue weighted by molar-refractivity contribution is 0.0947. The first kappa shape index (κ1) is 14.9. The molecule has 0 aliphatic heterocycles. The van der Waals surface area contributed by atoms with Crippen LogP contribution in [0.4, 0.5) is 11.4 Å². The van der Waals surface area contributed by atoms with Crippen LogP contribution < -0.4 is 16.0 Å². The van der Waals surface area contributed by atoms with Crippen molar-refractivity contribution in [3.63, 3.8) is 0 Å². The van der Waals surface area contributed by atoms with Crippen molar-refractivity contribution in [2.75, 3.05) is 24.7 Å². The van der Waals surface area contributed by atoms with E-state index in [-0.39, 0.29) is 12.5 Å². The summed E-state index contributed by atoms with van der Waals surface area (Å²) in [5.41, 5.74) is 7.90. The predicted octanol–water partition coefficient (Wildman–Crippen LogP) is 1.82. The topological polar surface area (TPSA) is 84.4 Å². The number of hydrogen-bond donors (Lipinski definition) is 2. The van der Waals surface area contributed by atoms with E-state index in [9.17, 15) is 4.79 Å². The fourth-order valence-electron chi connectivity index (χ4n) is 1.95. The van der Waals surface area contributed by atoms with E-state index in [0.717, 1.165) is 17.9 Å². The summed E-state index contributed by atoms with van der Waals surface area (Å²) in [5, 5.41) is 2.76. The Morgan fingerprint density at radius 2 is 2.19 bits per heavy atom. The number of nitrogens with two attached hydrogens (primary N) is 1. The van der Waals surface area contributed by atoms with E-state index in [0.29, 0.717) is 17.1 Å². The second-order valence-corrected chi connectivity index (χ2v) is 4.92. The molecule has 2 aromatic rings. The molecule has 0 radical (unpaired) electrons. The molecule has 0 saturated heterocycles. The summed E-state index contributed by atoms with van der Waals surface area (Å²) in [6.45, 7) is 2.24. The molecule has 0 fully saturated rings. The van der Waals surface area contributed by atoms with Gasteiger partial charge in [0.2, 0.25) is 5.89 Å². The van der Waals surface area contributed by atoms with Gasteiger partial charge in [0, 0.05) is 26.1 Å². The van der Waals surface area contributed by atoms with E-state index in [1.807, 2.05) is 32.0 Å². The highest BCUT2D eigenvalue weighted by Gasteiger charge is 2.10. The fourth-order valence-corrected chi connectivity index (χ4v) is 1.95. The zero-order chi connectivity index (χ0) is 15.4. The van der Waals surface area contributed by atoms with Crippen molar-refractivity contribution in [1.29, 1.82) is 0 Å². The van der Waals surface area contributed by atoms with Crippen LogP contribution in [0.1, 0.15) is 28.9 Å². The van der Waals surface area contributed by atoms with Gasteiger partial charge in [-0.15, -0.1) is 0 Å². The maximum atomic E-state index is 12.1. The molecule has 0 aliphatic rings. The Kier molecular flexibility index (Phi) is 4.47. The first-order valence-electron chi connectivity index (χ1n) is 6.80. The Bertz CT molecular complexity index is 634. The largest absolute Gasteiger partial charge is 0.444 e. The van der Waals surface area contributed by atoms with Crippen molar-refractivity contribution < 1.29 is 9.21 Å². The number of carbonyl (C=O) groups is 1. The Hall–Kier alpha value is -2.50. The van der Waals surface area contributed by atoms with Gasteiger partial charge in [-0.25, -0.2) is 4.98 Å². The molecule has 6 nitrogen and oxygen atoms in total. The number of nitrogens with one attached hydrogen (secondary N) is 1. The standard InChI is InChI=1S/C15H20N4O2/c1-4-11-8-17-14(21-11)9-18-15(20)10-5-6-13(19(2)3)12(16)7-10/h5-8H,4,9,16H2,1-3H3,(H,18,20). The fraction of sp³-hybridized carbons (Fsp3) is 0.333. The molecule has 2 rings (SSSR count). The van der Waals surface area contributed by atoms with Gasteiger partial charge in [-0.05, 0) is 18.2 Å². The van der Waals surface area contributed by atoms with E-state index in [2.05, 4.69) is 10.3 Å². The van der Waals surface area contributed by atoms with E-state index < -0.39 is 0 Å². The molecule has 3 N–H and O–H groups in total. The van der Waals surface area contributed by atoms with Gasteiger partial charge in [0.25, 0.3) is 5.91 Å². The van der Waals surface area contributed by atoms with Crippen LogP contribution in [0.15, 0.2) is 28.8 Å². The predicted molar refractivity (Wildman–Crippen MR) is 82.2 cm³/mol. The van der Waals surface area contributed by atoms with Crippen LogP contribution in [0.3, 0.4) is 0 Å². The highest BCUT2D eigenvalue weighted by molar-refractivity contribution is 5.96. The minimum atomic E-state index is -0.205. The molecule has 21 heavy (non-hydrogen) atoms. The number of oxazole rings is 1. The van der Waals surface area contributed by atoms with E-state index in [1.54, 1.807) is 18.3 Å². The summed E-state index contributed by atoms with van der Waals surface area (Å²) in [5.74, 6) is 1.10. The molecule has 1 amide bonds. The van der Waals surface area contributed by atoms with E-state index >= 15 is 0 Å². The molecule has 0 bridgehead atoms. The number of amides is 1. The van der Waals surface area contributed by atoms with Crippen LogP contribution >= 0.6 is 0 Å². The second kappa shape index (κ2) is 6.30. The molecule has 112 valence electrons. The molecule has 0 spiro atoms. The Morgan fingerprint density at radius 1 is 1.43 bits per heavy atom. The Balaban J connectivity index is 2.01. The van der Waals surface area contributed by atoms with Gasteiger partial charge in [-0.2, -0.15) is 0 Å². The third-order valence-corrected chi connectivity index (χ3v) is 3.12. The first-order valence-corrected chi connectivity index (χ1v) is 6.80. The van der Waals surface area contributed by atoms with Crippen molar-refractivity contribution in [1.82, 2.24) is 10.3 Å². The van der Waals surface area contributed by atoms with Crippen molar-refractivity contribution >= 4 is 17.3 Å². The average Bonchev–Trinajstić information content (AvgIpc) is 2.92. The minimum absolute atomic E-state index is 0.205. The summed E-state index contributed by atoms with van der Waals surface area (Å²) < 4.78 is 5.44. The normalized spacial score (nSPS) is 10.4. The van der Waals surface area contributed by atoms with Gasteiger partial charge in [-0.3, -0.25) is 4.79 Å². The van der Waals surface area contributed by atoms with Crippen molar-refractivity contribution in [2.45, 2.75) is 19.9 Å². The van der Waals surface area contributed by atoms with Crippen molar-refractivity contribution in [3.8, 4) is 0 Å². The number of benzene rings is 1. The monoisotopic (exact) mass is 288 g/mol. The molecule has 0 saturated carbocycles. The average molecular weight is 288 g/mol. The summed E-state index contributed by atoms with van der Waals surface area (Å²) >= 11 is 0. The van der Waals surface area contributed by atoms with Gasteiger partial charge in [0.15, 0.2) is 0 Å². The summed E-state index contributed by atoms with van der Waals surface area (Å²) in [4.78, 5) is 18.1. The summed E-state index contributed by atoms with van der Waals surface area (Å²) in [6.07, 6.45) is 2.45. The van der Waals surface area contributed by atoms with E-state index in [4.69, 9.17) is 10.2 Å². The maximum absolute atomic E-state index is 12.1. The number of carbonyl (C=O) groups excluding carboxylic acids is 1. The third-order valence-electron chi connectivity index (χ3n) is 3.12. The van der Waals surface area contributed by atoms with Crippen LogP contribution in [0.2, 0.25) is 0 Å². The zero-order valence-electron chi connectivity index (χ0n) is 12.5. The number of anilines is 2. The number of hydrogen-bond acceptors (Lipinski definition) is 5. The molecule has 6 heteroatoms. The zero-order valence-corrected chi connectivity index (χ0v) is 12.5. The van der Waals surface area contributed by atoms with Crippen LogP contribution in [0.5, 0.6) is 0 Å². The SMILES string of the molecule is CCc1cnc(CNC(=O)c2ccc(N(C)C)c(N)c2)o1. The highest BCUT2D eigenvalue weighted by Crippen LogP contribution is 2.22. The lowest BCUT2D eigenvalue weighted by Gasteiger charge is -2.15. The molecule has 0 unspecified atom stereocenters. The van der Waals surface area contributed by atoms with Gasteiger partial charge < -0.3 is 20.4 Å². The van der Waals surface area contributed by atoms with Gasteiger partial charge >= 0.3 is 0 Å². The molecule has 0 aliphatic carbocycles. The van der Waals surface area contributed by atoms with Crippen molar-refractivity contribution in [2.24, 2.45) is 0 Å². The van der Waals surface area contributed by atoms with Crippen LogP contribution in [0, 0.1) is 0 Å². The van der Waals surface area contributed by atoms with Gasteiger partial charge in [0.1, 0.15) is 5.76 Å². The Labute approximate surface area is 124 Å². The summed E-state index contributed by atoms with van der Waals surface area (Å²) in [7, 11) is 3.80. The van der Waals surface area contributed by atoms with Gasteiger partial charge in [0.05, 0.1) is 24.1 Å². The third kappa shape index (κ3) is 3.53. The number of nitrogens with zero attached hydrogens (tertiary/aromatic N) is 2. The van der Waals surface area contributed by atoms with Crippen LogP contribution in [0.25, 0.3) is 0 Å². The number of nitrogen functional groups attached to an aromatic ring is 1. The van der Waals surface area contributed by atoms with E-state index in [1.165, 1.54) is 0 Å². The second-order valence-electron chi connectivity index (χ2n) is 4.92. The Morgan fingerprint density at radius 3 is 2.76 bits per heavy atom. The smallest absolute Gasteiger partial charge is 0.251 e. The number of aryl methyl sites for hydroxylation is 1. The quantitative estimate of drug-likeness (QED) is 0.820. The van der Waals surface area contributed by atoms with Gasteiger partial charge in [-0.1, -0.05) is 6.92 Å². The maximum Gasteiger partial charge on any atom is 0.251 e. The molecule has 1 aromatic carbocycles. The molecular formula is C15H20N4O2. The van der Waals surface area contributed by atoms with Crippen molar-refractivity contribution in [3.05, 3.63) is 41.6 Å².